The minimum Gasteiger partial charge on any atom is -0.385 e. The molecule has 3 nitrogen and oxygen atoms in total. The van der Waals surface area contributed by atoms with E-state index in [1.165, 1.54) is 0 Å². The number of carbonyl (C=O) groups excluding carboxylic acids is 1. The Morgan fingerprint density at radius 3 is 2.35 bits per heavy atom. The van der Waals surface area contributed by atoms with E-state index in [0.717, 1.165) is 36.4 Å². The summed E-state index contributed by atoms with van der Waals surface area (Å²) in [5.74, 6) is 0.121. The molecule has 0 saturated heterocycles. The van der Waals surface area contributed by atoms with Gasteiger partial charge >= 0.3 is 0 Å². The van der Waals surface area contributed by atoms with Crippen molar-refractivity contribution >= 4 is 11.6 Å². The molecule has 0 radical (unpaired) electrons. The maximum Gasteiger partial charge on any atom is 0.254 e. The molecule has 1 rings (SSSR count). The van der Waals surface area contributed by atoms with Gasteiger partial charge in [-0.05, 0) is 51.5 Å². The second-order valence-corrected chi connectivity index (χ2v) is 4.04. The van der Waals surface area contributed by atoms with Crippen molar-refractivity contribution < 1.29 is 4.79 Å². The summed E-state index contributed by atoms with van der Waals surface area (Å²) in [7, 11) is 0. The average Bonchev–Trinajstić information content (AvgIpc) is 2.31. The number of rotatable bonds is 5. The molecule has 1 amide bonds. The summed E-state index contributed by atoms with van der Waals surface area (Å²) in [6, 6.07) is 5.90. The minimum atomic E-state index is 0.121. The summed E-state index contributed by atoms with van der Waals surface area (Å²) in [6.07, 6.45) is 0. The molecule has 0 unspecified atom stereocenters. The number of aryl methyl sites for hydroxylation is 1. The molecule has 0 bridgehead atoms. The van der Waals surface area contributed by atoms with Crippen LogP contribution >= 0.6 is 0 Å². The van der Waals surface area contributed by atoms with Crippen LogP contribution < -0.4 is 5.32 Å². The highest BCUT2D eigenvalue weighted by Gasteiger charge is 2.14. The van der Waals surface area contributed by atoms with Gasteiger partial charge in [-0.2, -0.15) is 0 Å². The van der Waals surface area contributed by atoms with Crippen LogP contribution in [0.1, 0.15) is 36.7 Å². The lowest BCUT2D eigenvalue weighted by molar-refractivity contribution is 0.0772. The molecule has 0 aliphatic heterocycles. The number of hydrogen-bond acceptors (Lipinski definition) is 2. The zero-order valence-corrected chi connectivity index (χ0v) is 11.2. The van der Waals surface area contributed by atoms with Crippen molar-refractivity contribution in [1.29, 1.82) is 0 Å². The predicted octanol–water partition coefficient (Wildman–Crippen LogP) is 2.91. The van der Waals surface area contributed by atoms with E-state index in [1.807, 2.05) is 43.9 Å². The number of nitrogens with zero attached hydrogens (tertiary/aromatic N) is 1. The molecule has 94 valence electrons. The highest BCUT2D eigenvalue weighted by molar-refractivity contribution is 5.96. The van der Waals surface area contributed by atoms with Gasteiger partial charge in [-0.1, -0.05) is 0 Å². The topological polar surface area (TPSA) is 32.3 Å². The molecule has 0 atom stereocenters. The van der Waals surface area contributed by atoms with Crippen LogP contribution in [-0.2, 0) is 0 Å². The highest BCUT2D eigenvalue weighted by Crippen LogP contribution is 2.16. The van der Waals surface area contributed by atoms with Gasteiger partial charge in [0.15, 0.2) is 0 Å². The molecular formula is C14H22N2O. The minimum absolute atomic E-state index is 0.121. The lowest BCUT2D eigenvalue weighted by Crippen LogP contribution is -2.30. The van der Waals surface area contributed by atoms with Crippen molar-refractivity contribution in [2.24, 2.45) is 0 Å². The maximum atomic E-state index is 12.2. The van der Waals surface area contributed by atoms with Crippen molar-refractivity contribution in [2.75, 3.05) is 25.0 Å². The second kappa shape index (κ2) is 6.28. The smallest absolute Gasteiger partial charge is 0.254 e. The summed E-state index contributed by atoms with van der Waals surface area (Å²) >= 11 is 0. The predicted molar refractivity (Wildman–Crippen MR) is 72.6 cm³/mol. The molecule has 0 saturated carbocycles. The highest BCUT2D eigenvalue weighted by atomic mass is 16.2. The molecule has 17 heavy (non-hydrogen) atoms. The second-order valence-electron chi connectivity index (χ2n) is 4.04. The fraction of sp³-hybridized carbons (Fsp3) is 0.500. The molecule has 1 aromatic rings. The van der Waals surface area contributed by atoms with E-state index < -0.39 is 0 Å². The van der Waals surface area contributed by atoms with Crippen LogP contribution in [0.3, 0.4) is 0 Å². The zero-order chi connectivity index (χ0) is 12.8. The first-order valence-corrected chi connectivity index (χ1v) is 6.27. The summed E-state index contributed by atoms with van der Waals surface area (Å²) in [5, 5.41) is 3.25. The Kier molecular flexibility index (Phi) is 5.01. The van der Waals surface area contributed by atoms with Crippen LogP contribution in [0.5, 0.6) is 0 Å². The summed E-state index contributed by atoms with van der Waals surface area (Å²) in [5.41, 5.74) is 2.90. The SMILES string of the molecule is CCNc1ccc(C(=O)N(CC)CC)c(C)c1. The van der Waals surface area contributed by atoms with Gasteiger partial charge in [-0.3, -0.25) is 4.79 Å². The van der Waals surface area contributed by atoms with Crippen LogP contribution in [0.25, 0.3) is 0 Å². The Hall–Kier alpha value is -1.51. The molecule has 3 heteroatoms. The molecule has 0 aromatic heterocycles. The van der Waals surface area contributed by atoms with Crippen molar-refractivity contribution in [1.82, 2.24) is 4.90 Å². The third kappa shape index (κ3) is 3.22. The van der Waals surface area contributed by atoms with E-state index in [-0.39, 0.29) is 5.91 Å². The number of carbonyl (C=O) groups is 1. The summed E-state index contributed by atoms with van der Waals surface area (Å²) in [6.45, 7) is 10.5. The lowest BCUT2D eigenvalue weighted by atomic mass is 10.1. The van der Waals surface area contributed by atoms with Crippen LogP contribution in [0, 0.1) is 6.92 Å². The Morgan fingerprint density at radius 2 is 1.88 bits per heavy atom. The normalized spacial score (nSPS) is 10.1. The van der Waals surface area contributed by atoms with Crippen LogP contribution in [0.4, 0.5) is 5.69 Å². The van der Waals surface area contributed by atoms with E-state index in [4.69, 9.17) is 0 Å². The van der Waals surface area contributed by atoms with Crippen LogP contribution in [-0.4, -0.2) is 30.4 Å². The third-order valence-electron chi connectivity index (χ3n) is 2.89. The van der Waals surface area contributed by atoms with Gasteiger partial charge in [-0.15, -0.1) is 0 Å². The fourth-order valence-corrected chi connectivity index (χ4v) is 1.90. The molecule has 1 N–H and O–H groups in total. The number of nitrogens with one attached hydrogen (secondary N) is 1. The Morgan fingerprint density at radius 1 is 1.24 bits per heavy atom. The lowest BCUT2D eigenvalue weighted by Gasteiger charge is -2.20. The first-order valence-electron chi connectivity index (χ1n) is 6.27. The third-order valence-corrected chi connectivity index (χ3v) is 2.89. The van der Waals surface area contributed by atoms with Crippen LogP contribution in [0.15, 0.2) is 18.2 Å². The number of hydrogen-bond donors (Lipinski definition) is 1. The van der Waals surface area contributed by atoms with Gasteiger partial charge in [-0.25, -0.2) is 0 Å². The maximum absolute atomic E-state index is 12.2. The molecule has 0 aliphatic carbocycles. The first kappa shape index (κ1) is 13.6. The van der Waals surface area contributed by atoms with Gasteiger partial charge in [0.2, 0.25) is 0 Å². The van der Waals surface area contributed by atoms with E-state index in [0.29, 0.717) is 0 Å². The van der Waals surface area contributed by atoms with Gasteiger partial charge in [0, 0.05) is 30.9 Å². The average molecular weight is 234 g/mol. The van der Waals surface area contributed by atoms with Crippen molar-refractivity contribution in [3.8, 4) is 0 Å². The first-order chi connectivity index (χ1) is 8.13. The van der Waals surface area contributed by atoms with E-state index in [2.05, 4.69) is 12.2 Å². The zero-order valence-electron chi connectivity index (χ0n) is 11.2. The summed E-state index contributed by atoms with van der Waals surface area (Å²) < 4.78 is 0. The molecule has 1 aromatic carbocycles. The molecular weight excluding hydrogens is 212 g/mol. The molecule has 0 heterocycles. The number of amides is 1. The quantitative estimate of drug-likeness (QED) is 0.849. The van der Waals surface area contributed by atoms with E-state index >= 15 is 0 Å². The fourth-order valence-electron chi connectivity index (χ4n) is 1.90. The van der Waals surface area contributed by atoms with E-state index in [1.54, 1.807) is 0 Å². The van der Waals surface area contributed by atoms with Crippen molar-refractivity contribution in [2.45, 2.75) is 27.7 Å². The van der Waals surface area contributed by atoms with Crippen molar-refractivity contribution in [3.63, 3.8) is 0 Å². The Balaban J connectivity index is 2.95. The molecule has 0 aliphatic rings. The van der Waals surface area contributed by atoms with Gasteiger partial charge < -0.3 is 10.2 Å². The molecule has 0 fully saturated rings. The molecule has 0 spiro atoms. The number of benzene rings is 1. The van der Waals surface area contributed by atoms with Gasteiger partial charge in [0.25, 0.3) is 5.91 Å². The standard InChI is InChI=1S/C14H22N2O/c1-5-15-12-8-9-13(11(4)10-12)14(17)16(6-2)7-3/h8-10,15H,5-7H2,1-4H3. The van der Waals surface area contributed by atoms with Crippen LogP contribution in [0.2, 0.25) is 0 Å². The van der Waals surface area contributed by atoms with Gasteiger partial charge in [0.1, 0.15) is 0 Å². The Bertz CT molecular complexity index is 384. The Labute approximate surface area is 104 Å². The summed E-state index contributed by atoms with van der Waals surface area (Å²) in [4.78, 5) is 14.0. The van der Waals surface area contributed by atoms with Gasteiger partial charge in [0.05, 0.1) is 0 Å². The monoisotopic (exact) mass is 234 g/mol. The van der Waals surface area contributed by atoms with Crippen molar-refractivity contribution in [3.05, 3.63) is 29.3 Å². The van der Waals surface area contributed by atoms with E-state index in [9.17, 15) is 4.79 Å². The largest absolute Gasteiger partial charge is 0.385 e. The number of anilines is 1.